The fraction of sp³-hybridized carbons (Fsp3) is 0.125. The van der Waals surface area contributed by atoms with Crippen LogP contribution in [0, 0.1) is 5.82 Å². The summed E-state index contributed by atoms with van der Waals surface area (Å²) in [4.78, 5) is 37.8. The van der Waals surface area contributed by atoms with Gasteiger partial charge in [0.2, 0.25) is 0 Å². The zero-order valence-corrected chi connectivity index (χ0v) is 17.0. The monoisotopic (exact) mass is 433 g/mol. The van der Waals surface area contributed by atoms with Gasteiger partial charge in [0.1, 0.15) is 5.82 Å². The fourth-order valence-corrected chi connectivity index (χ4v) is 3.62. The molecule has 0 spiro atoms. The number of benzene rings is 3. The Morgan fingerprint density at radius 1 is 0.875 bits per heavy atom. The third-order valence-corrected chi connectivity index (χ3v) is 5.33. The lowest BCUT2D eigenvalue weighted by atomic mass is 10.1. The fourth-order valence-electron chi connectivity index (χ4n) is 3.62. The number of halogens is 1. The average Bonchev–Trinajstić information content (AvgIpc) is 2.82. The maximum Gasteiger partial charge on any atom is 0.331 e. The van der Waals surface area contributed by atoms with Gasteiger partial charge in [0.05, 0.1) is 17.4 Å². The van der Waals surface area contributed by atoms with E-state index in [1.165, 1.54) is 21.3 Å². The van der Waals surface area contributed by atoms with Crippen molar-refractivity contribution in [3.05, 3.63) is 116 Å². The number of para-hydroxylation sites is 1. The van der Waals surface area contributed by atoms with Crippen molar-refractivity contribution in [2.75, 3.05) is 0 Å². The summed E-state index contributed by atoms with van der Waals surface area (Å²) in [6.07, 6.45) is 0.402. The number of hydroxylamine groups is 1. The molecule has 4 rings (SSSR count). The zero-order valence-electron chi connectivity index (χ0n) is 17.0. The number of hydrogen-bond donors (Lipinski definition) is 2. The molecule has 0 aliphatic rings. The third kappa shape index (κ3) is 4.21. The van der Waals surface area contributed by atoms with Gasteiger partial charge in [-0.2, -0.15) is 0 Å². The molecule has 0 unspecified atom stereocenters. The van der Waals surface area contributed by atoms with E-state index in [2.05, 4.69) is 0 Å². The van der Waals surface area contributed by atoms with Crippen LogP contribution in [0.5, 0.6) is 0 Å². The van der Waals surface area contributed by atoms with E-state index in [1.54, 1.807) is 66.1 Å². The van der Waals surface area contributed by atoms with Crippen molar-refractivity contribution < 1.29 is 14.4 Å². The standard InChI is InChI=1S/C24H20FN3O4/c25-19-11-7-16(8-12-19)13-14-27-23(30)20-3-1-2-4-21(20)28(24(27)31)15-17-5-9-18(10-6-17)22(29)26-32/h1-12,32H,13-15H2,(H,26,29). The summed E-state index contributed by atoms with van der Waals surface area (Å²) in [5.74, 6) is -0.977. The number of aromatic nitrogens is 2. The summed E-state index contributed by atoms with van der Waals surface area (Å²) in [6, 6.07) is 19.3. The third-order valence-electron chi connectivity index (χ3n) is 5.33. The summed E-state index contributed by atoms with van der Waals surface area (Å²) in [7, 11) is 0. The van der Waals surface area contributed by atoms with Crippen molar-refractivity contribution in [3.63, 3.8) is 0 Å². The summed E-state index contributed by atoms with van der Waals surface area (Å²) in [6.45, 7) is 0.348. The number of carbonyl (C=O) groups is 1. The van der Waals surface area contributed by atoms with Gasteiger partial charge in [0.25, 0.3) is 11.5 Å². The van der Waals surface area contributed by atoms with Crippen LogP contribution in [0.15, 0.2) is 82.4 Å². The van der Waals surface area contributed by atoms with E-state index in [0.717, 1.165) is 11.1 Å². The molecule has 0 bridgehead atoms. The molecule has 0 atom stereocenters. The number of carbonyl (C=O) groups excluding carboxylic acids is 1. The molecular formula is C24H20FN3O4. The summed E-state index contributed by atoms with van der Waals surface area (Å²) in [5, 5.41) is 9.17. The van der Waals surface area contributed by atoms with Crippen LogP contribution >= 0.6 is 0 Å². The van der Waals surface area contributed by atoms with E-state index in [1.807, 2.05) is 0 Å². The van der Waals surface area contributed by atoms with Gasteiger partial charge in [-0.25, -0.2) is 14.7 Å². The van der Waals surface area contributed by atoms with Crippen LogP contribution in [-0.4, -0.2) is 20.2 Å². The van der Waals surface area contributed by atoms with Gasteiger partial charge in [-0.05, 0) is 53.9 Å². The molecule has 162 valence electrons. The van der Waals surface area contributed by atoms with Crippen molar-refractivity contribution in [3.8, 4) is 0 Å². The first-order chi connectivity index (χ1) is 15.5. The van der Waals surface area contributed by atoms with Crippen molar-refractivity contribution >= 4 is 16.8 Å². The van der Waals surface area contributed by atoms with Crippen molar-refractivity contribution in [2.45, 2.75) is 19.5 Å². The molecule has 3 aromatic carbocycles. The van der Waals surface area contributed by atoms with E-state index in [-0.39, 0.29) is 30.0 Å². The Hall–Kier alpha value is -4.04. The topological polar surface area (TPSA) is 93.3 Å². The highest BCUT2D eigenvalue weighted by Gasteiger charge is 2.14. The van der Waals surface area contributed by atoms with Crippen molar-refractivity contribution in [2.24, 2.45) is 0 Å². The summed E-state index contributed by atoms with van der Waals surface area (Å²) in [5.41, 5.74) is 3.10. The lowest BCUT2D eigenvalue weighted by molar-refractivity contribution is 0.0706. The second-order valence-electron chi connectivity index (χ2n) is 7.36. The Kier molecular flexibility index (Phi) is 5.96. The first-order valence-electron chi connectivity index (χ1n) is 9.98. The van der Waals surface area contributed by atoms with Crippen molar-refractivity contribution in [1.29, 1.82) is 0 Å². The second kappa shape index (κ2) is 8.99. The highest BCUT2D eigenvalue weighted by molar-refractivity contribution is 5.93. The lowest BCUT2D eigenvalue weighted by Crippen LogP contribution is -2.40. The molecule has 1 heterocycles. The summed E-state index contributed by atoms with van der Waals surface area (Å²) < 4.78 is 15.9. The molecule has 4 aromatic rings. The Balaban J connectivity index is 1.73. The molecule has 0 aliphatic carbocycles. The van der Waals surface area contributed by atoms with Gasteiger partial charge in [0.15, 0.2) is 0 Å². The van der Waals surface area contributed by atoms with Crippen LogP contribution in [0.1, 0.15) is 21.5 Å². The minimum Gasteiger partial charge on any atom is -0.289 e. The van der Waals surface area contributed by atoms with Gasteiger partial charge >= 0.3 is 5.69 Å². The molecule has 0 saturated carbocycles. The molecular weight excluding hydrogens is 413 g/mol. The number of amides is 1. The predicted octanol–water partition coefficient (Wildman–Crippen LogP) is 2.71. The van der Waals surface area contributed by atoms with Crippen LogP contribution in [0.25, 0.3) is 10.9 Å². The molecule has 1 amide bonds. The quantitative estimate of drug-likeness (QED) is 0.361. The van der Waals surface area contributed by atoms with Crippen LogP contribution < -0.4 is 16.7 Å². The molecule has 0 saturated heterocycles. The molecule has 0 radical (unpaired) electrons. The molecule has 2 N–H and O–H groups in total. The second-order valence-corrected chi connectivity index (χ2v) is 7.36. The SMILES string of the molecule is O=C(NO)c1ccc(Cn2c(=O)n(CCc3ccc(F)cc3)c(=O)c3ccccc32)cc1. The number of rotatable bonds is 6. The zero-order chi connectivity index (χ0) is 22.7. The number of aryl methyl sites for hydroxylation is 1. The normalized spacial score (nSPS) is 10.9. The lowest BCUT2D eigenvalue weighted by Gasteiger charge is -2.14. The minimum atomic E-state index is -0.631. The molecule has 8 heteroatoms. The number of hydrogen-bond acceptors (Lipinski definition) is 4. The van der Waals surface area contributed by atoms with Gasteiger partial charge in [-0.15, -0.1) is 0 Å². The molecule has 7 nitrogen and oxygen atoms in total. The van der Waals surface area contributed by atoms with E-state index < -0.39 is 11.6 Å². The molecule has 0 fully saturated rings. The van der Waals surface area contributed by atoms with Crippen LogP contribution in [0.2, 0.25) is 0 Å². The summed E-state index contributed by atoms with van der Waals surface area (Å²) >= 11 is 0. The van der Waals surface area contributed by atoms with E-state index in [4.69, 9.17) is 5.21 Å². The smallest absolute Gasteiger partial charge is 0.289 e. The van der Waals surface area contributed by atoms with Gasteiger partial charge in [-0.1, -0.05) is 36.4 Å². The highest BCUT2D eigenvalue weighted by atomic mass is 19.1. The van der Waals surface area contributed by atoms with Gasteiger partial charge < -0.3 is 0 Å². The van der Waals surface area contributed by atoms with Gasteiger partial charge in [-0.3, -0.25) is 23.9 Å². The van der Waals surface area contributed by atoms with E-state index >= 15 is 0 Å². The van der Waals surface area contributed by atoms with Crippen molar-refractivity contribution in [1.82, 2.24) is 14.6 Å². The number of nitrogens with zero attached hydrogens (tertiary/aromatic N) is 2. The Morgan fingerprint density at radius 3 is 2.22 bits per heavy atom. The number of nitrogens with one attached hydrogen (secondary N) is 1. The maximum atomic E-state index is 13.3. The Labute approximate surface area is 181 Å². The average molecular weight is 433 g/mol. The van der Waals surface area contributed by atoms with Gasteiger partial charge in [0, 0.05) is 12.1 Å². The molecule has 32 heavy (non-hydrogen) atoms. The molecule has 0 aliphatic heterocycles. The number of fused-ring (bicyclic) bond motifs is 1. The molecule has 1 aromatic heterocycles. The first-order valence-corrected chi connectivity index (χ1v) is 9.98. The van der Waals surface area contributed by atoms with Crippen LogP contribution in [-0.2, 0) is 19.5 Å². The Bertz CT molecular complexity index is 1390. The predicted molar refractivity (Wildman–Crippen MR) is 117 cm³/mol. The maximum absolute atomic E-state index is 13.3. The van der Waals surface area contributed by atoms with Crippen LogP contribution in [0.4, 0.5) is 4.39 Å². The Morgan fingerprint density at radius 2 is 1.53 bits per heavy atom. The largest absolute Gasteiger partial charge is 0.331 e. The minimum absolute atomic E-state index is 0.156. The van der Waals surface area contributed by atoms with Crippen LogP contribution in [0.3, 0.4) is 0 Å². The van der Waals surface area contributed by atoms with E-state index in [9.17, 15) is 18.8 Å². The first kappa shape index (κ1) is 21.2. The highest BCUT2D eigenvalue weighted by Crippen LogP contribution is 2.12. The van der Waals surface area contributed by atoms with E-state index in [0.29, 0.717) is 17.3 Å².